The van der Waals surface area contributed by atoms with E-state index in [2.05, 4.69) is 69.4 Å². The molecule has 0 fully saturated rings. The lowest BCUT2D eigenvalue weighted by Crippen LogP contribution is -2.30. The summed E-state index contributed by atoms with van der Waals surface area (Å²) in [5, 5.41) is 0. The fourth-order valence-electron chi connectivity index (χ4n) is 8.81. The minimum absolute atomic E-state index is 0.0779. The van der Waals surface area contributed by atoms with Crippen molar-refractivity contribution < 1.29 is 28.6 Å². The minimum Gasteiger partial charge on any atom is -0.462 e. The fourth-order valence-corrected chi connectivity index (χ4v) is 8.81. The predicted molar refractivity (Wildman–Crippen MR) is 298 cm³/mol. The summed E-state index contributed by atoms with van der Waals surface area (Å²) < 4.78 is 16.9. The Labute approximate surface area is 428 Å². The average Bonchev–Trinajstić information content (AvgIpc) is 3.35. The van der Waals surface area contributed by atoms with Gasteiger partial charge in [-0.15, -0.1) is 0 Å². The molecule has 1 unspecified atom stereocenters. The number of ether oxygens (including phenoxy) is 3. The molecule has 0 radical (unpaired) electrons. The molecule has 0 saturated carbocycles. The van der Waals surface area contributed by atoms with Crippen LogP contribution in [0.15, 0.2) is 48.6 Å². The van der Waals surface area contributed by atoms with Crippen LogP contribution in [0.2, 0.25) is 0 Å². The number of unbranched alkanes of at least 4 members (excludes halogenated alkanes) is 36. The van der Waals surface area contributed by atoms with Crippen LogP contribution in [-0.2, 0) is 28.6 Å². The average molecular weight is 968 g/mol. The Kier molecular flexibility index (Phi) is 55.7. The van der Waals surface area contributed by atoms with Crippen molar-refractivity contribution in [1.82, 2.24) is 0 Å². The monoisotopic (exact) mass is 967 g/mol. The molecule has 6 heteroatoms. The van der Waals surface area contributed by atoms with Gasteiger partial charge in [0.05, 0.1) is 0 Å². The van der Waals surface area contributed by atoms with Gasteiger partial charge in [-0.3, -0.25) is 14.4 Å². The predicted octanol–water partition coefficient (Wildman–Crippen LogP) is 20.2. The molecular formula is C63H114O6. The molecular weight excluding hydrogens is 853 g/mol. The van der Waals surface area contributed by atoms with Gasteiger partial charge in [0.15, 0.2) is 6.10 Å². The van der Waals surface area contributed by atoms with E-state index in [4.69, 9.17) is 14.2 Å². The number of hydrogen-bond donors (Lipinski definition) is 0. The maximum absolute atomic E-state index is 12.9. The molecule has 0 bridgehead atoms. The van der Waals surface area contributed by atoms with Gasteiger partial charge in [-0.2, -0.15) is 0 Å². The number of esters is 3. The van der Waals surface area contributed by atoms with Gasteiger partial charge in [-0.1, -0.05) is 268 Å². The molecule has 0 aliphatic rings. The highest BCUT2D eigenvalue weighted by molar-refractivity contribution is 5.71. The third kappa shape index (κ3) is 56.2. The van der Waals surface area contributed by atoms with Gasteiger partial charge in [-0.25, -0.2) is 0 Å². The van der Waals surface area contributed by atoms with Crippen molar-refractivity contribution in [3.63, 3.8) is 0 Å². The Morgan fingerprint density at radius 3 is 0.899 bits per heavy atom. The highest BCUT2D eigenvalue weighted by Gasteiger charge is 2.19. The summed E-state index contributed by atoms with van der Waals surface area (Å²) >= 11 is 0. The second kappa shape index (κ2) is 57.9. The summed E-state index contributed by atoms with van der Waals surface area (Å²) in [6.45, 7) is 6.55. The Morgan fingerprint density at radius 1 is 0.304 bits per heavy atom. The molecule has 0 amide bonds. The Balaban J connectivity index is 4.36. The number of allylic oxidation sites excluding steroid dienone is 8. The Morgan fingerprint density at radius 2 is 0.565 bits per heavy atom. The summed E-state index contributed by atoms with van der Waals surface area (Å²) in [5.41, 5.74) is 0. The molecule has 1 atom stereocenters. The fraction of sp³-hybridized carbons (Fsp3) is 0.825. The quantitative estimate of drug-likeness (QED) is 0.0262. The van der Waals surface area contributed by atoms with Gasteiger partial charge in [-0.05, 0) is 77.0 Å². The van der Waals surface area contributed by atoms with Crippen molar-refractivity contribution in [3.8, 4) is 0 Å². The number of rotatable bonds is 55. The normalized spacial score (nSPS) is 12.3. The second-order valence-corrected chi connectivity index (χ2v) is 20.2. The molecule has 0 heterocycles. The van der Waals surface area contributed by atoms with E-state index in [1.165, 1.54) is 180 Å². The summed E-state index contributed by atoms with van der Waals surface area (Å²) in [6.07, 6.45) is 71.0. The Hall–Kier alpha value is -2.63. The molecule has 402 valence electrons. The van der Waals surface area contributed by atoms with Gasteiger partial charge >= 0.3 is 17.9 Å². The van der Waals surface area contributed by atoms with Crippen molar-refractivity contribution in [1.29, 1.82) is 0 Å². The molecule has 6 nitrogen and oxygen atoms in total. The zero-order valence-electron chi connectivity index (χ0n) is 46.1. The van der Waals surface area contributed by atoms with Crippen LogP contribution in [0.3, 0.4) is 0 Å². The van der Waals surface area contributed by atoms with E-state index < -0.39 is 6.10 Å². The largest absolute Gasteiger partial charge is 0.462 e. The first-order chi connectivity index (χ1) is 34.0. The molecule has 0 aromatic carbocycles. The maximum Gasteiger partial charge on any atom is 0.306 e. The minimum atomic E-state index is -0.780. The van der Waals surface area contributed by atoms with Gasteiger partial charge in [0.2, 0.25) is 0 Å². The van der Waals surface area contributed by atoms with Gasteiger partial charge in [0.25, 0.3) is 0 Å². The van der Waals surface area contributed by atoms with Gasteiger partial charge in [0.1, 0.15) is 13.2 Å². The van der Waals surface area contributed by atoms with E-state index >= 15 is 0 Å². The molecule has 0 N–H and O–H groups in total. The first kappa shape index (κ1) is 66.4. The first-order valence-corrected chi connectivity index (χ1v) is 30.1. The van der Waals surface area contributed by atoms with E-state index in [0.29, 0.717) is 19.3 Å². The molecule has 0 spiro atoms. The van der Waals surface area contributed by atoms with Crippen LogP contribution in [0.25, 0.3) is 0 Å². The van der Waals surface area contributed by atoms with E-state index in [0.717, 1.165) is 96.3 Å². The van der Waals surface area contributed by atoms with E-state index in [-0.39, 0.29) is 31.1 Å². The van der Waals surface area contributed by atoms with Crippen LogP contribution >= 0.6 is 0 Å². The number of hydrogen-bond acceptors (Lipinski definition) is 6. The van der Waals surface area contributed by atoms with E-state index in [1.54, 1.807) is 0 Å². The number of carbonyl (C=O) groups is 3. The molecule has 0 saturated heterocycles. The van der Waals surface area contributed by atoms with Crippen molar-refractivity contribution in [2.45, 2.75) is 322 Å². The second-order valence-electron chi connectivity index (χ2n) is 20.2. The molecule has 0 aliphatic carbocycles. The lowest BCUT2D eigenvalue weighted by Gasteiger charge is -2.18. The van der Waals surface area contributed by atoms with E-state index in [1.807, 2.05) is 0 Å². The standard InChI is InChI=1S/C63H114O6/c1-4-7-10-13-16-19-22-25-28-30-32-35-38-41-44-47-50-53-56-62(65)68-59-60(58-67-61(64)55-52-49-46-43-40-37-34-27-24-21-18-15-12-9-6-3)69-63(66)57-54-51-48-45-42-39-36-33-31-29-26-23-20-17-14-11-8-5-2/h9,12,18,21,27-28,30,34,60H,4-8,10-11,13-17,19-20,22-26,29,31-33,35-59H2,1-3H3/b12-9-,21-18-,30-28-,34-27-. The molecule has 0 aromatic rings. The lowest BCUT2D eigenvalue weighted by atomic mass is 10.0. The van der Waals surface area contributed by atoms with Crippen LogP contribution in [-0.4, -0.2) is 37.2 Å². The van der Waals surface area contributed by atoms with Crippen LogP contribution in [0.5, 0.6) is 0 Å². The molecule has 0 rings (SSSR count). The van der Waals surface area contributed by atoms with Crippen molar-refractivity contribution in [3.05, 3.63) is 48.6 Å². The van der Waals surface area contributed by atoms with Crippen LogP contribution in [0.4, 0.5) is 0 Å². The lowest BCUT2D eigenvalue weighted by molar-refractivity contribution is -0.167. The zero-order valence-corrected chi connectivity index (χ0v) is 46.1. The molecule has 0 aromatic heterocycles. The van der Waals surface area contributed by atoms with Gasteiger partial charge in [0, 0.05) is 19.3 Å². The summed E-state index contributed by atoms with van der Waals surface area (Å²) in [4.78, 5) is 38.2. The number of carbonyl (C=O) groups excluding carboxylic acids is 3. The first-order valence-electron chi connectivity index (χ1n) is 30.1. The van der Waals surface area contributed by atoms with Crippen molar-refractivity contribution in [2.24, 2.45) is 0 Å². The van der Waals surface area contributed by atoms with Crippen LogP contribution in [0, 0.1) is 0 Å². The van der Waals surface area contributed by atoms with Gasteiger partial charge < -0.3 is 14.2 Å². The SMILES string of the molecule is CC/C=C\C/C=C\C/C=C\CCCCCCCC(=O)OCC(COC(=O)CCCCCCCCC/C=C\CCCCCCCCC)OC(=O)CCCCCCCCCCCCCCCCCCCC. The zero-order chi connectivity index (χ0) is 50.0. The van der Waals surface area contributed by atoms with Crippen LogP contribution < -0.4 is 0 Å². The highest BCUT2D eigenvalue weighted by Crippen LogP contribution is 2.17. The molecule has 69 heavy (non-hydrogen) atoms. The summed E-state index contributed by atoms with van der Waals surface area (Å²) in [6, 6.07) is 0. The smallest absolute Gasteiger partial charge is 0.306 e. The molecule has 0 aliphatic heterocycles. The summed E-state index contributed by atoms with van der Waals surface area (Å²) in [7, 11) is 0. The van der Waals surface area contributed by atoms with E-state index in [9.17, 15) is 14.4 Å². The van der Waals surface area contributed by atoms with Crippen LogP contribution in [0.1, 0.15) is 316 Å². The third-order valence-corrected chi connectivity index (χ3v) is 13.3. The third-order valence-electron chi connectivity index (χ3n) is 13.3. The summed E-state index contributed by atoms with van der Waals surface area (Å²) in [5.74, 6) is -0.881. The van der Waals surface area contributed by atoms with Crippen molar-refractivity contribution in [2.75, 3.05) is 13.2 Å². The topological polar surface area (TPSA) is 78.9 Å². The van der Waals surface area contributed by atoms with Crippen molar-refractivity contribution >= 4 is 17.9 Å². The Bertz CT molecular complexity index is 1200. The highest BCUT2D eigenvalue weighted by atomic mass is 16.6. The maximum atomic E-state index is 12.9.